The zero-order chi connectivity index (χ0) is 11.4. The minimum absolute atomic E-state index is 0.0474. The number of rotatable bonds is 1. The Morgan fingerprint density at radius 2 is 1.71 bits per heavy atom. The molecule has 14 heavy (non-hydrogen) atoms. The predicted molar refractivity (Wildman–Crippen MR) is 60.2 cm³/mol. The highest BCUT2D eigenvalue weighted by atomic mass is 17.1. The Morgan fingerprint density at radius 1 is 1.21 bits per heavy atom. The van der Waals surface area contributed by atoms with Crippen LogP contribution >= 0.6 is 0 Å². The van der Waals surface area contributed by atoms with E-state index in [-0.39, 0.29) is 6.10 Å². The van der Waals surface area contributed by atoms with Crippen molar-refractivity contribution in [2.24, 2.45) is 17.3 Å². The van der Waals surface area contributed by atoms with Gasteiger partial charge in [-0.2, -0.15) is 0 Å². The summed E-state index contributed by atoms with van der Waals surface area (Å²) < 4.78 is 0. The second-order valence-electron chi connectivity index (χ2n) is 4.92. The lowest BCUT2D eigenvalue weighted by Crippen LogP contribution is -2.39. The molecular weight excluding hydrogens is 176 g/mol. The van der Waals surface area contributed by atoms with Crippen molar-refractivity contribution in [2.75, 3.05) is 0 Å². The molecule has 1 saturated carbocycles. The van der Waals surface area contributed by atoms with Crippen molar-refractivity contribution in [1.29, 1.82) is 0 Å². The highest BCUT2D eigenvalue weighted by Gasteiger charge is 2.38. The summed E-state index contributed by atoms with van der Waals surface area (Å²) in [7, 11) is 0. The molecule has 3 atom stereocenters. The van der Waals surface area contributed by atoms with Crippen molar-refractivity contribution in [3.8, 4) is 0 Å². The van der Waals surface area contributed by atoms with E-state index in [0.29, 0.717) is 17.3 Å². The van der Waals surface area contributed by atoms with Gasteiger partial charge < -0.3 is 0 Å². The molecule has 1 fully saturated rings. The van der Waals surface area contributed by atoms with Crippen molar-refractivity contribution >= 4 is 0 Å². The molecule has 0 heterocycles. The van der Waals surface area contributed by atoms with E-state index < -0.39 is 0 Å². The smallest absolute Gasteiger partial charge is 0.0935 e. The quantitative estimate of drug-likeness (QED) is 0.515. The van der Waals surface area contributed by atoms with E-state index in [4.69, 9.17) is 5.26 Å². The Bertz CT molecular complexity index is 154. The Labute approximate surface area is 88.6 Å². The van der Waals surface area contributed by atoms with Gasteiger partial charge in [-0.1, -0.05) is 41.5 Å². The largest absolute Gasteiger partial charge is 0.252 e. The fourth-order valence-electron chi connectivity index (χ4n) is 2.33. The molecule has 0 amide bonds. The van der Waals surface area contributed by atoms with E-state index >= 15 is 0 Å². The molecule has 3 unspecified atom stereocenters. The van der Waals surface area contributed by atoms with Gasteiger partial charge in [0.1, 0.15) is 0 Å². The molecule has 0 aromatic rings. The van der Waals surface area contributed by atoms with Crippen molar-refractivity contribution in [3.63, 3.8) is 0 Å². The van der Waals surface area contributed by atoms with E-state index in [1.807, 2.05) is 13.8 Å². The Balaban J connectivity index is 0.000000791. The molecule has 1 rings (SSSR count). The minimum Gasteiger partial charge on any atom is -0.252 e. The van der Waals surface area contributed by atoms with Crippen LogP contribution in [0.15, 0.2) is 0 Å². The first-order valence-electron chi connectivity index (χ1n) is 5.77. The second kappa shape index (κ2) is 5.72. The van der Waals surface area contributed by atoms with Gasteiger partial charge in [0.2, 0.25) is 0 Å². The summed E-state index contributed by atoms with van der Waals surface area (Å²) in [5.74, 6) is 1.36. The average Bonchev–Trinajstić information content (AvgIpc) is 2.16. The van der Waals surface area contributed by atoms with Crippen molar-refractivity contribution in [3.05, 3.63) is 0 Å². The molecule has 0 aromatic carbocycles. The normalized spacial score (nSPS) is 35.8. The molecule has 2 heteroatoms. The number of hydrogen-bond donors (Lipinski definition) is 1. The molecule has 0 aliphatic heterocycles. The first kappa shape index (κ1) is 13.9. The Morgan fingerprint density at radius 3 is 2.07 bits per heavy atom. The van der Waals surface area contributed by atoms with Crippen LogP contribution in [0.4, 0.5) is 0 Å². The van der Waals surface area contributed by atoms with Gasteiger partial charge in [-0.3, -0.25) is 5.26 Å². The molecule has 0 bridgehead atoms. The molecule has 0 spiro atoms. The maximum atomic E-state index is 8.63. The van der Waals surface area contributed by atoms with Crippen LogP contribution in [-0.2, 0) is 4.89 Å². The van der Waals surface area contributed by atoms with E-state index in [2.05, 4.69) is 32.6 Å². The third kappa shape index (κ3) is 3.25. The highest BCUT2D eigenvalue weighted by Crippen LogP contribution is 2.44. The molecule has 0 radical (unpaired) electrons. The van der Waals surface area contributed by atoms with Crippen LogP contribution in [-0.4, -0.2) is 11.4 Å². The van der Waals surface area contributed by atoms with Gasteiger partial charge in [0, 0.05) is 0 Å². The number of hydrogen-bond acceptors (Lipinski definition) is 2. The lowest BCUT2D eigenvalue weighted by molar-refractivity contribution is -0.295. The monoisotopic (exact) mass is 202 g/mol. The highest BCUT2D eigenvalue weighted by molar-refractivity contribution is 4.88. The first-order chi connectivity index (χ1) is 6.47. The van der Waals surface area contributed by atoms with Crippen LogP contribution in [0, 0.1) is 17.3 Å². The van der Waals surface area contributed by atoms with Crippen molar-refractivity contribution < 1.29 is 10.1 Å². The molecule has 86 valence electrons. The molecular formula is C12H26O2. The van der Waals surface area contributed by atoms with Gasteiger partial charge in [0.05, 0.1) is 6.10 Å². The van der Waals surface area contributed by atoms with Gasteiger partial charge in [0.15, 0.2) is 0 Å². The van der Waals surface area contributed by atoms with E-state index in [1.165, 1.54) is 0 Å². The fourth-order valence-corrected chi connectivity index (χ4v) is 2.33. The van der Waals surface area contributed by atoms with Crippen LogP contribution in [0.1, 0.15) is 54.4 Å². The lowest BCUT2D eigenvalue weighted by atomic mass is 9.64. The van der Waals surface area contributed by atoms with Gasteiger partial charge in [0.25, 0.3) is 0 Å². The van der Waals surface area contributed by atoms with Crippen LogP contribution in [0.3, 0.4) is 0 Å². The molecule has 1 aliphatic carbocycles. The summed E-state index contributed by atoms with van der Waals surface area (Å²) in [6, 6.07) is 0. The molecule has 1 N–H and O–H groups in total. The van der Waals surface area contributed by atoms with E-state index in [9.17, 15) is 0 Å². The summed E-state index contributed by atoms with van der Waals surface area (Å²) in [4.78, 5) is 4.45. The summed E-state index contributed by atoms with van der Waals surface area (Å²) in [6.45, 7) is 13.0. The molecule has 1 aliphatic rings. The topological polar surface area (TPSA) is 29.5 Å². The SMILES string of the molecule is CC.CC1CC(OO)CC(C)(C)C1C. The summed E-state index contributed by atoms with van der Waals surface area (Å²) in [6.07, 6.45) is 2.00. The van der Waals surface area contributed by atoms with E-state index in [1.54, 1.807) is 0 Å². The van der Waals surface area contributed by atoms with Gasteiger partial charge in [-0.25, -0.2) is 4.89 Å². The van der Waals surface area contributed by atoms with Crippen LogP contribution in [0.5, 0.6) is 0 Å². The van der Waals surface area contributed by atoms with Crippen molar-refractivity contribution in [1.82, 2.24) is 0 Å². The standard InChI is InChI=1S/C10H20O2.C2H6/c1-7-5-9(12-11)6-10(3,4)8(7)2;1-2/h7-9,11H,5-6H2,1-4H3;1-2H3. The maximum Gasteiger partial charge on any atom is 0.0935 e. The van der Waals surface area contributed by atoms with E-state index in [0.717, 1.165) is 12.8 Å². The van der Waals surface area contributed by atoms with Crippen LogP contribution in [0.2, 0.25) is 0 Å². The summed E-state index contributed by atoms with van der Waals surface area (Å²) >= 11 is 0. The minimum atomic E-state index is 0.0474. The van der Waals surface area contributed by atoms with Gasteiger partial charge in [-0.05, 0) is 30.1 Å². The van der Waals surface area contributed by atoms with Gasteiger partial charge in [-0.15, -0.1) is 0 Å². The van der Waals surface area contributed by atoms with Crippen molar-refractivity contribution in [2.45, 2.75) is 60.5 Å². The molecule has 2 nitrogen and oxygen atoms in total. The van der Waals surface area contributed by atoms with Crippen LogP contribution in [0.25, 0.3) is 0 Å². The average molecular weight is 202 g/mol. The Kier molecular flexibility index (Phi) is 5.68. The van der Waals surface area contributed by atoms with Crippen LogP contribution < -0.4 is 0 Å². The first-order valence-corrected chi connectivity index (χ1v) is 5.77. The third-order valence-corrected chi connectivity index (χ3v) is 3.62. The second-order valence-corrected chi connectivity index (χ2v) is 4.92. The molecule has 0 aromatic heterocycles. The fraction of sp³-hybridized carbons (Fsp3) is 1.00. The third-order valence-electron chi connectivity index (χ3n) is 3.62. The maximum absolute atomic E-state index is 8.63. The van der Waals surface area contributed by atoms with Gasteiger partial charge >= 0.3 is 0 Å². The predicted octanol–water partition coefficient (Wildman–Crippen LogP) is 3.96. The lowest BCUT2D eigenvalue weighted by Gasteiger charge is -2.43. The zero-order valence-electron chi connectivity index (χ0n) is 10.5. The Hall–Kier alpha value is -0.0800. The summed E-state index contributed by atoms with van der Waals surface area (Å²) in [5.41, 5.74) is 0.297. The molecule has 0 saturated heterocycles. The zero-order valence-corrected chi connectivity index (χ0v) is 10.5. The summed E-state index contributed by atoms with van der Waals surface area (Å²) in [5, 5.41) is 8.63.